The number of aromatic nitrogens is 1. The van der Waals surface area contributed by atoms with Crippen LogP contribution in [0.4, 0.5) is 5.82 Å². The summed E-state index contributed by atoms with van der Waals surface area (Å²) in [5.74, 6) is 1.86. The Hall–Kier alpha value is -1.03. The summed E-state index contributed by atoms with van der Waals surface area (Å²) in [6, 6.07) is 1.99. The van der Waals surface area contributed by atoms with E-state index in [0.29, 0.717) is 0 Å². The van der Waals surface area contributed by atoms with Gasteiger partial charge in [0, 0.05) is 32.2 Å². The molecular formula is C9H15N3O. The molecule has 0 spiro atoms. The fraction of sp³-hybridized carbons (Fsp3) is 0.667. The van der Waals surface area contributed by atoms with Crippen molar-refractivity contribution in [2.24, 2.45) is 0 Å². The molecule has 1 aromatic heterocycles. The molecule has 0 unspecified atom stereocenters. The Balaban J connectivity index is 2.02. The van der Waals surface area contributed by atoms with Gasteiger partial charge in [0.2, 0.25) is 0 Å². The molecule has 0 aromatic carbocycles. The number of piperazine rings is 1. The van der Waals surface area contributed by atoms with Crippen molar-refractivity contribution in [1.82, 2.24) is 10.1 Å². The van der Waals surface area contributed by atoms with E-state index in [1.54, 1.807) is 0 Å². The monoisotopic (exact) mass is 181 g/mol. The van der Waals surface area contributed by atoms with E-state index in [0.717, 1.165) is 37.8 Å². The fourth-order valence-electron chi connectivity index (χ4n) is 1.54. The Morgan fingerprint density at radius 3 is 2.54 bits per heavy atom. The average Bonchev–Trinajstić information content (AvgIpc) is 2.53. The molecule has 0 amide bonds. The molecule has 1 saturated heterocycles. The van der Waals surface area contributed by atoms with E-state index in [-0.39, 0.29) is 0 Å². The van der Waals surface area contributed by atoms with Crippen molar-refractivity contribution in [3.05, 3.63) is 11.8 Å². The molecule has 13 heavy (non-hydrogen) atoms. The summed E-state index contributed by atoms with van der Waals surface area (Å²) < 4.78 is 5.04. The SMILES string of the molecule is Cc1cc(N2CCN(C)CC2)no1. The number of anilines is 1. The first-order chi connectivity index (χ1) is 6.25. The topological polar surface area (TPSA) is 32.5 Å². The van der Waals surface area contributed by atoms with E-state index in [4.69, 9.17) is 4.52 Å². The number of hydrogen-bond donors (Lipinski definition) is 0. The van der Waals surface area contributed by atoms with E-state index in [1.165, 1.54) is 0 Å². The Morgan fingerprint density at radius 2 is 2.00 bits per heavy atom. The normalized spacial score (nSPS) is 19.4. The third-order valence-corrected chi connectivity index (χ3v) is 2.44. The van der Waals surface area contributed by atoms with Crippen LogP contribution in [0.3, 0.4) is 0 Å². The van der Waals surface area contributed by atoms with Gasteiger partial charge in [-0.1, -0.05) is 5.16 Å². The summed E-state index contributed by atoms with van der Waals surface area (Å²) in [6.07, 6.45) is 0. The van der Waals surface area contributed by atoms with E-state index in [1.807, 2.05) is 13.0 Å². The molecule has 1 fully saturated rings. The van der Waals surface area contributed by atoms with Gasteiger partial charge in [0.25, 0.3) is 0 Å². The molecule has 1 aliphatic rings. The number of nitrogens with zero attached hydrogens (tertiary/aromatic N) is 3. The minimum atomic E-state index is 0.883. The smallest absolute Gasteiger partial charge is 0.172 e. The first-order valence-electron chi connectivity index (χ1n) is 4.62. The van der Waals surface area contributed by atoms with Crippen molar-refractivity contribution in [2.45, 2.75) is 6.92 Å². The number of hydrogen-bond acceptors (Lipinski definition) is 4. The van der Waals surface area contributed by atoms with Gasteiger partial charge in [0.05, 0.1) is 0 Å². The van der Waals surface area contributed by atoms with Gasteiger partial charge in [-0.25, -0.2) is 0 Å². The lowest BCUT2D eigenvalue weighted by atomic mass is 10.3. The summed E-state index contributed by atoms with van der Waals surface area (Å²) in [6.45, 7) is 6.22. The number of rotatable bonds is 1. The average molecular weight is 181 g/mol. The van der Waals surface area contributed by atoms with Gasteiger partial charge in [-0.3, -0.25) is 0 Å². The van der Waals surface area contributed by atoms with Crippen LogP contribution in [0.1, 0.15) is 5.76 Å². The minimum absolute atomic E-state index is 0.883. The molecule has 2 heterocycles. The van der Waals surface area contributed by atoms with Gasteiger partial charge in [-0.2, -0.15) is 0 Å². The van der Waals surface area contributed by atoms with Gasteiger partial charge in [0.15, 0.2) is 5.82 Å². The zero-order chi connectivity index (χ0) is 9.26. The van der Waals surface area contributed by atoms with Gasteiger partial charge < -0.3 is 14.3 Å². The first kappa shape index (κ1) is 8.56. The fourth-order valence-corrected chi connectivity index (χ4v) is 1.54. The third-order valence-electron chi connectivity index (χ3n) is 2.44. The van der Waals surface area contributed by atoms with E-state index >= 15 is 0 Å². The van der Waals surface area contributed by atoms with Crippen LogP contribution >= 0.6 is 0 Å². The van der Waals surface area contributed by atoms with Gasteiger partial charge in [-0.05, 0) is 14.0 Å². The summed E-state index contributed by atoms with van der Waals surface area (Å²) in [5.41, 5.74) is 0. The van der Waals surface area contributed by atoms with Gasteiger partial charge >= 0.3 is 0 Å². The highest BCUT2D eigenvalue weighted by Gasteiger charge is 2.16. The molecule has 0 atom stereocenters. The Morgan fingerprint density at radius 1 is 1.31 bits per heavy atom. The zero-order valence-electron chi connectivity index (χ0n) is 8.16. The summed E-state index contributed by atoms with van der Waals surface area (Å²) in [5, 5.41) is 4.00. The van der Waals surface area contributed by atoms with Crippen molar-refractivity contribution in [3.63, 3.8) is 0 Å². The summed E-state index contributed by atoms with van der Waals surface area (Å²) in [7, 11) is 2.14. The van der Waals surface area contributed by atoms with Crippen LogP contribution in [0.2, 0.25) is 0 Å². The largest absolute Gasteiger partial charge is 0.360 e. The molecule has 72 valence electrons. The Labute approximate surface area is 78.1 Å². The molecular weight excluding hydrogens is 166 g/mol. The Bertz CT molecular complexity index is 276. The number of likely N-dealkylation sites (N-methyl/N-ethyl adjacent to an activating group) is 1. The molecule has 1 aromatic rings. The lowest BCUT2D eigenvalue weighted by molar-refractivity contribution is 0.309. The molecule has 0 N–H and O–H groups in total. The standard InChI is InChI=1S/C9H15N3O/c1-8-7-9(10-13-8)12-5-3-11(2)4-6-12/h7H,3-6H2,1-2H3. The van der Waals surface area contributed by atoms with Gasteiger partial charge in [-0.15, -0.1) is 0 Å². The van der Waals surface area contributed by atoms with Crippen LogP contribution in [0.5, 0.6) is 0 Å². The van der Waals surface area contributed by atoms with Crippen molar-refractivity contribution < 1.29 is 4.52 Å². The molecule has 4 heteroatoms. The van der Waals surface area contributed by atoms with Crippen LogP contribution in [0.25, 0.3) is 0 Å². The predicted molar refractivity (Wildman–Crippen MR) is 51.0 cm³/mol. The van der Waals surface area contributed by atoms with Crippen LogP contribution in [0, 0.1) is 6.92 Å². The molecule has 0 saturated carbocycles. The first-order valence-corrected chi connectivity index (χ1v) is 4.62. The van der Waals surface area contributed by atoms with Crippen molar-refractivity contribution in [1.29, 1.82) is 0 Å². The highest BCUT2D eigenvalue weighted by atomic mass is 16.5. The molecule has 1 aliphatic heterocycles. The molecule has 0 radical (unpaired) electrons. The van der Waals surface area contributed by atoms with Crippen LogP contribution in [0.15, 0.2) is 10.6 Å². The quantitative estimate of drug-likeness (QED) is 0.639. The van der Waals surface area contributed by atoms with Crippen LogP contribution in [-0.2, 0) is 0 Å². The maximum atomic E-state index is 5.04. The van der Waals surface area contributed by atoms with Crippen LogP contribution in [-0.4, -0.2) is 43.3 Å². The maximum Gasteiger partial charge on any atom is 0.172 e. The number of aryl methyl sites for hydroxylation is 1. The molecule has 0 aliphatic carbocycles. The summed E-state index contributed by atoms with van der Waals surface area (Å²) in [4.78, 5) is 4.58. The predicted octanol–water partition coefficient (Wildman–Crippen LogP) is 0.735. The van der Waals surface area contributed by atoms with Crippen molar-refractivity contribution in [2.75, 3.05) is 38.1 Å². The molecule has 4 nitrogen and oxygen atoms in total. The molecule has 0 bridgehead atoms. The second-order valence-electron chi connectivity index (χ2n) is 3.59. The lowest BCUT2D eigenvalue weighted by Crippen LogP contribution is -2.44. The van der Waals surface area contributed by atoms with Crippen molar-refractivity contribution in [3.8, 4) is 0 Å². The molecule has 2 rings (SSSR count). The van der Waals surface area contributed by atoms with E-state index in [9.17, 15) is 0 Å². The highest BCUT2D eigenvalue weighted by molar-refractivity contribution is 5.38. The second kappa shape index (κ2) is 3.38. The zero-order valence-corrected chi connectivity index (χ0v) is 8.16. The second-order valence-corrected chi connectivity index (χ2v) is 3.59. The lowest BCUT2D eigenvalue weighted by Gasteiger charge is -2.31. The Kier molecular flexibility index (Phi) is 2.22. The van der Waals surface area contributed by atoms with Crippen molar-refractivity contribution >= 4 is 5.82 Å². The van der Waals surface area contributed by atoms with E-state index in [2.05, 4.69) is 22.0 Å². The highest BCUT2D eigenvalue weighted by Crippen LogP contribution is 2.14. The van der Waals surface area contributed by atoms with Crippen LogP contribution < -0.4 is 4.90 Å². The summed E-state index contributed by atoms with van der Waals surface area (Å²) >= 11 is 0. The van der Waals surface area contributed by atoms with E-state index < -0.39 is 0 Å². The van der Waals surface area contributed by atoms with Gasteiger partial charge in [0.1, 0.15) is 5.76 Å². The third kappa shape index (κ3) is 1.83. The minimum Gasteiger partial charge on any atom is -0.360 e. The maximum absolute atomic E-state index is 5.04.